The number of aromatic nitrogens is 2. The van der Waals surface area contributed by atoms with Crippen LogP contribution in [0.4, 0.5) is 4.79 Å². The molecule has 1 aromatic heterocycles. The third kappa shape index (κ3) is 11.6. The Bertz CT molecular complexity index is 1630. The standard InChI is InChI=1S/C37H51N7O11/c1-3-51-22-23-53-33(46)16-15-28(36(49)41-18-20-42(21-19-41)55-37(50)52-4-2)39-34(47)29-24-32(44(40-29)27-12-6-5-7-13-27)54-25-31(45)43-17-9-14-30(43)35(48)38-26-10-8-11-26/h5-7,12-13,24,26,28,30H,3-4,8-11,14-23,25H2,1-2H3,(H,38,48)(H,39,47)/t28-,30-/m0/s1. The van der Waals surface area contributed by atoms with Gasteiger partial charge in [-0.2, -0.15) is 5.10 Å². The molecule has 18 heteroatoms. The zero-order valence-electron chi connectivity index (χ0n) is 31.4. The van der Waals surface area contributed by atoms with E-state index in [0.29, 0.717) is 31.7 Å². The highest BCUT2D eigenvalue weighted by atomic mass is 16.8. The van der Waals surface area contributed by atoms with E-state index in [9.17, 15) is 28.8 Å². The SMILES string of the molecule is CCOCCOC(=O)CC[C@H](NC(=O)c1cc(OCC(=O)N2CCC[C@H]2C(=O)NC2CCC2)n(-c2ccccc2)n1)C(=O)N1CCN(OC(=O)OCC)CC1. The van der Waals surface area contributed by atoms with Crippen LogP contribution in [0.25, 0.3) is 5.69 Å². The Morgan fingerprint density at radius 3 is 2.35 bits per heavy atom. The maximum absolute atomic E-state index is 13.8. The molecule has 4 amide bonds. The summed E-state index contributed by atoms with van der Waals surface area (Å²) >= 11 is 0. The molecular formula is C37H51N7O11. The molecule has 1 aromatic carbocycles. The number of piperazine rings is 1. The van der Waals surface area contributed by atoms with Crippen molar-refractivity contribution in [2.75, 3.05) is 65.8 Å². The van der Waals surface area contributed by atoms with Crippen LogP contribution in [0, 0.1) is 0 Å². The van der Waals surface area contributed by atoms with E-state index in [1.807, 2.05) is 13.0 Å². The number of esters is 1. The first-order valence-electron chi connectivity index (χ1n) is 19.0. The molecule has 18 nitrogen and oxygen atoms in total. The van der Waals surface area contributed by atoms with Crippen molar-refractivity contribution in [3.05, 3.63) is 42.1 Å². The predicted molar refractivity (Wildman–Crippen MR) is 194 cm³/mol. The molecule has 2 aliphatic heterocycles. The number of hydroxylamine groups is 2. The van der Waals surface area contributed by atoms with Crippen molar-refractivity contribution in [3.63, 3.8) is 0 Å². The van der Waals surface area contributed by atoms with E-state index in [2.05, 4.69) is 15.7 Å². The van der Waals surface area contributed by atoms with E-state index >= 15 is 0 Å². The van der Waals surface area contributed by atoms with Crippen LogP contribution in [0.5, 0.6) is 5.88 Å². The minimum Gasteiger partial charge on any atom is -0.467 e. The van der Waals surface area contributed by atoms with Crippen molar-refractivity contribution in [1.82, 2.24) is 35.3 Å². The van der Waals surface area contributed by atoms with Gasteiger partial charge in [-0.15, -0.1) is 5.06 Å². The molecule has 3 aliphatic rings. The molecule has 300 valence electrons. The molecule has 0 spiro atoms. The van der Waals surface area contributed by atoms with Crippen molar-refractivity contribution >= 4 is 35.8 Å². The van der Waals surface area contributed by atoms with Gasteiger partial charge in [0.15, 0.2) is 12.3 Å². The average Bonchev–Trinajstić information content (AvgIpc) is 3.85. The van der Waals surface area contributed by atoms with Gasteiger partial charge in [0, 0.05) is 44.8 Å². The van der Waals surface area contributed by atoms with Crippen molar-refractivity contribution in [1.29, 1.82) is 0 Å². The van der Waals surface area contributed by atoms with Crippen LogP contribution in [-0.2, 0) is 38.2 Å². The topological polar surface area (TPSA) is 200 Å². The van der Waals surface area contributed by atoms with E-state index in [-0.39, 0.29) is 88.3 Å². The van der Waals surface area contributed by atoms with E-state index in [4.69, 9.17) is 23.8 Å². The van der Waals surface area contributed by atoms with Gasteiger partial charge in [-0.25, -0.2) is 9.48 Å². The maximum Gasteiger partial charge on any atom is 0.527 e. The maximum atomic E-state index is 13.8. The van der Waals surface area contributed by atoms with Crippen molar-refractivity contribution < 1.29 is 52.6 Å². The van der Waals surface area contributed by atoms with Crippen LogP contribution in [0.1, 0.15) is 69.3 Å². The molecule has 2 N–H and O–H groups in total. The van der Waals surface area contributed by atoms with Gasteiger partial charge in [-0.05, 0) is 64.5 Å². The largest absolute Gasteiger partial charge is 0.527 e. The fourth-order valence-corrected chi connectivity index (χ4v) is 6.39. The molecule has 1 aliphatic carbocycles. The molecule has 1 saturated carbocycles. The number of benzene rings is 1. The Labute approximate surface area is 319 Å². The lowest BCUT2D eigenvalue weighted by atomic mass is 9.93. The van der Waals surface area contributed by atoms with E-state index in [0.717, 1.165) is 19.3 Å². The summed E-state index contributed by atoms with van der Waals surface area (Å²) in [5.74, 6) is -2.15. The van der Waals surface area contributed by atoms with Gasteiger partial charge in [0.1, 0.15) is 18.7 Å². The molecular weight excluding hydrogens is 718 g/mol. The first kappa shape index (κ1) is 40.9. The summed E-state index contributed by atoms with van der Waals surface area (Å²) in [6.45, 7) is 5.18. The van der Waals surface area contributed by atoms with E-state index < -0.39 is 42.6 Å². The number of carbonyl (C=O) groups excluding carboxylic acids is 6. The number of hydrogen-bond acceptors (Lipinski definition) is 13. The highest BCUT2D eigenvalue weighted by molar-refractivity contribution is 5.96. The number of amides is 4. The van der Waals surface area contributed by atoms with Gasteiger partial charge < -0.3 is 44.2 Å². The molecule has 2 aromatic rings. The third-order valence-corrected chi connectivity index (χ3v) is 9.53. The number of para-hydroxylation sites is 1. The highest BCUT2D eigenvalue weighted by Gasteiger charge is 2.36. The molecule has 2 saturated heterocycles. The van der Waals surface area contributed by atoms with Gasteiger partial charge in [0.05, 0.1) is 32.0 Å². The Balaban J connectivity index is 1.27. The number of rotatable bonds is 18. The summed E-state index contributed by atoms with van der Waals surface area (Å²) in [4.78, 5) is 86.5. The van der Waals surface area contributed by atoms with E-state index in [1.54, 1.807) is 31.2 Å². The highest BCUT2D eigenvalue weighted by Crippen LogP contribution is 2.24. The smallest absolute Gasteiger partial charge is 0.467 e. The Morgan fingerprint density at radius 2 is 1.65 bits per heavy atom. The Hall–Kier alpha value is -5.23. The second-order valence-electron chi connectivity index (χ2n) is 13.3. The van der Waals surface area contributed by atoms with Gasteiger partial charge in [0.25, 0.3) is 11.8 Å². The summed E-state index contributed by atoms with van der Waals surface area (Å²) < 4.78 is 22.6. The molecule has 55 heavy (non-hydrogen) atoms. The van der Waals surface area contributed by atoms with Crippen molar-refractivity contribution in [2.24, 2.45) is 0 Å². The Kier molecular flexibility index (Phi) is 15.2. The second-order valence-corrected chi connectivity index (χ2v) is 13.3. The summed E-state index contributed by atoms with van der Waals surface area (Å²) in [5.41, 5.74) is 0.447. The van der Waals surface area contributed by atoms with Crippen LogP contribution in [0.2, 0.25) is 0 Å². The van der Waals surface area contributed by atoms with Gasteiger partial charge in [-0.3, -0.25) is 24.0 Å². The Morgan fingerprint density at radius 1 is 0.891 bits per heavy atom. The quantitative estimate of drug-likeness (QED) is 0.164. The monoisotopic (exact) mass is 769 g/mol. The third-order valence-electron chi connectivity index (χ3n) is 9.53. The first-order chi connectivity index (χ1) is 26.7. The summed E-state index contributed by atoms with van der Waals surface area (Å²) in [7, 11) is 0. The van der Waals surface area contributed by atoms with Crippen molar-refractivity contribution in [3.8, 4) is 11.6 Å². The fourth-order valence-electron chi connectivity index (χ4n) is 6.39. The summed E-state index contributed by atoms with van der Waals surface area (Å²) in [6, 6.07) is 8.68. The molecule has 3 heterocycles. The number of hydrogen-bond donors (Lipinski definition) is 2. The zero-order valence-corrected chi connectivity index (χ0v) is 31.4. The van der Waals surface area contributed by atoms with Crippen LogP contribution >= 0.6 is 0 Å². The van der Waals surface area contributed by atoms with Crippen LogP contribution < -0.4 is 15.4 Å². The molecule has 2 atom stereocenters. The lowest BCUT2D eigenvalue weighted by Gasteiger charge is -2.35. The average molecular weight is 770 g/mol. The predicted octanol–water partition coefficient (Wildman–Crippen LogP) is 1.60. The van der Waals surface area contributed by atoms with Gasteiger partial charge in [0.2, 0.25) is 17.7 Å². The fraction of sp³-hybridized carbons (Fsp3) is 0.595. The normalized spacial score (nSPS) is 17.8. The lowest BCUT2D eigenvalue weighted by Crippen LogP contribution is -2.55. The number of nitrogens with one attached hydrogen (secondary N) is 2. The number of nitrogens with zero attached hydrogens (tertiary/aromatic N) is 5. The minimum absolute atomic E-state index is 0.0500. The number of ether oxygens (including phenoxy) is 4. The second kappa shape index (κ2) is 20.5. The van der Waals surface area contributed by atoms with Crippen LogP contribution in [-0.4, -0.2) is 144 Å². The van der Waals surface area contributed by atoms with Crippen LogP contribution in [0.15, 0.2) is 36.4 Å². The molecule has 5 rings (SSSR count). The minimum atomic E-state index is -1.14. The summed E-state index contributed by atoms with van der Waals surface area (Å²) in [5, 5.41) is 11.6. The molecule has 0 bridgehead atoms. The van der Waals surface area contributed by atoms with Gasteiger partial charge in [-0.1, -0.05) is 18.2 Å². The zero-order chi connectivity index (χ0) is 39.2. The summed E-state index contributed by atoms with van der Waals surface area (Å²) in [6.07, 6.45) is 3.15. The van der Waals surface area contributed by atoms with Gasteiger partial charge >= 0.3 is 12.1 Å². The van der Waals surface area contributed by atoms with Crippen molar-refractivity contribution in [2.45, 2.75) is 76.9 Å². The number of likely N-dealkylation sites (tertiary alicyclic amines) is 1. The lowest BCUT2D eigenvalue weighted by molar-refractivity contribution is -0.157. The number of carbonyl (C=O) groups is 6. The molecule has 0 unspecified atom stereocenters. The first-order valence-corrected chi connectivity index (χ1v) is 19.0. The van der Waals surface area contributed by atoms with E-state index in [1.165, 1.54) is 25.6 Å². The van der Waals surface area contributed by atoms with Crippen LogP contribution in [0.3, 0.4) is 0 Å². The molecule has 0 radical (unpaired) electrons. The molecule has 3 fully saturated rings.